The summed E-state index contributed by atoms with van der Waals surface area (Å²) in [6, 6.07) is 15.5. The molecule has 1 N–H and O–H groups in total. The Hall–Kier alpha value is -2.38. The van der Waals surface area contributed by atoms with Crippen LogP contribution in [0.25, 0.3) is 0 Å². The zero-order valence-corrected chi connectivity index (χ0v) is 18.6. The van der Waals surface area contributed by atoms with Crippen LogP contribution in [0.4, 0.5) is 5.69 Å². The Kier molecular flexibility index (Phi) is 7.50. The van der Waals surface area contributed by atoms with Gasteiger partial charge in [-0.25, -0.2) is 8.42 Å². The van der Waals surface area contributed by atoms with Crippen molar-refractivity contribution in [3.63, 3.8) is 0 Å². The van der Waals surface area contributed by atoms with Crippen molar-refractivity contribution in [2.24, 2.45) is 0 Å². The fourth-order valence-corrected chi connectivity index (χ4v) is 4.75. The van der Waals surface area contributed by atoms with Gasteiger partial charge in [-0.1, -0.05) is 49.4 Å². The highest BCUT2D eigenvalue weighted by Gasteiger charge is 2.22. The van der Waals surface area contributed by atoms with Crippen molar-refractivity contribution in [3.8, 4) is 0 Å². The van der Waals surface area contributed by atoms with E-state index in [2.05, 4.69) is 22.3 Å². The summed E-state index contributed by atoms with van der Waals surface area (Å²) >= 11 is 0. The lowest BCUT2D eigenvalue weighted by molar-refractivity contribution is -0.119. The van der Waals surface area contributed by atoms with E-state index in [4.69, 9.17) is 0 Å². The molecule has 3 rings (SSSR count). The van der Waals surface area contributed by atoms with Gasteiger partial charge >= 0.3 is 0 Å². The summed E-state index contributed by atoms with van der Waals surface area (Å²) in [7, 11) is -3.58. The van der Waals surface area contributed by atoms with E-state index in [1.165, 1.54) is 22.7 Å². The summed E-state index contributed by atoms with van der Waals surface area (Å²) < 4.78 is 25.9. The van der Waals surface area contributed by atoms with E-state index in [1.807, 2.05) is 31.2 Å². The maximum Gasteiger partial charge on any atom is 0.241 e. The first kappa shape index (κ1) is 22.3. The Morgan fingerprint density at radius 1 is 1.07 bits per heavy atom. The predicted octanol–water partition coefficient (Wildman–Crippen LogP) is 2.93. The van der Waals surface area contributed by atoms with Crippen molar-refractivity contribution in [3.05, 3.63) is 65.2 Å². The average Bonchev–Trinajstić information content (AvgIpc) is 3.23. The Morgan fingerprint density at radius 3 is 2.47 bits per heavy atom. The Labute approximate surface area is 179 Å². The molecule has 0 atom stereocenters. The lowest BCUT2D eigenvalue weighted by Gasteiger charge is -2.24. The first-order valence-corrected chi connectivity index (χ1v) is 12.3. The number of para-hydroxylation sites is 1. The van der Waals surface area contributed by atoms with E-state index >= 15 is 0 Å². The van der Waals surface area contributed by atoms with E-state index < -0.39 is 10.0 Å². The van der Waals surface area contributed by atoms with Gasteiger partial charge in [0, 0.05) is 13.1 Å². The van der Waals surface area contributed by atoms with Crippen LogP contribution in [0.15, 0.2) is 48.5 Å². The number of hydrogen-bond acceptors (Lipinski definition) is 4. The fourth-order valence-electron chi connectivity index (χ4n) is 3.86. The second kappa shape index (κ2) is 10.1. The molecule has 1 fully saturated rings. The number of sulfonamides is 1. The molecule has 7 heteroatoms. The fraction of sp³-hybridized carbons (Fsp3) is 0.435. The summed E-state index contributed by atoms with van der Waals surface area (Å²) in [6.45, 7) is 5.32. The second-order valence-corrected chi connectivity index (χ2v) is 9.74. The van der Waals surface area contributed by atoms with Gasteiger partial charge in [-0.15, -0.1) is 0 Å². The SMILES string of the molecule is CCc1ccccc1N(CC(=O)NCc1cccc(CN2CCCC2)c1)S(C)(=O)=O. The van der Waals surface area contributed by atoms with Crippen LogP contribution in [0.5, 0.6) is 0 Å². The van der Waals surface area contributed by atoms with Gasteiger partial charge in [-0.2, -0.15) is 0 Å². The molecule has 0 bridgehead atoms. The third-order valence-corrected chi connectivity index (χ3v) is 6.54. The van der Waals surface area contributed by atoms with Gasteiger partial charge in [0.15, 0.2) is 0 Å². The Bertz CT molecular complexity index is 969. The molecule has 30 heavy (non-hydrogen) atoms. The van der Waals surface area contributed by atoms with Crippen LogP contribution in [0.1, 0.15) is 36.5 Å². The van der Waals surface area contributed by atoms with E-state index in [0.717, 1.165) is 37.0 Å². The first-order valence-electron chi connectivity index (χ1n) is 10.5. The molecule has 162 valence electrons. The second-order valence-electron chi connectivity index (χ2n) is 7.83. The minimum atomic E-state index is -3.58. The standard InChI is InChI=1S/C23H31N3O3S/c1-3-21-11-4-5-12-22(21)26(30(2,28)29)18-23(27)24-16-19-9-8-10-20(15-19)17-25-13-6-7-14-25/h4-5,8-12,15H,3,6-7,13-14,16-18H2,1-2H3,(H,24,27). The molecule has 1 aliphatic rings. The predicted molar refractivity (Wildman–Crippen MR) is 121 cm³/mol. The topological polar surface area (TPSA) is 69.7 Å². The Morgan fingerprint density at radius 2 is 1.77 bits per heavy atom. The summed E-state index contributed by atoms with van der Waals surface area (Å²) in [4.78, 5) is 15.0. The van der Waals surface area contributed by atoms with Crippen molar-refractivity contribution in [2.75, 3.05) is 30.2 Å². The molecule has 1 saturated heterocycles. The number of nitrogens with zero attached hydrogens (tertiary/aromatic N) is 2. The average molecular weight is 430 g/mol. The summed E-state index contributed by atoms with van der Waals surface area (Å²) in [5.74, 6) is -0.323. The number of amides is 1. The maximum atomic E-state index is 12.6. The molecule has 0 radical (unpaired) electrons. The van der Waals surface area contributed by atoms with Crippen molar-refractivity contribution < 1.29 is 13.2 Å². The number of carbonyl (C=O) groups is 1. The zero-order valence-electron chi connectivity index (χ0n) is 17.8. The zero-order chi connectivity index (χ0) is 21.6. The monoisotopic (exact) mass is 429 g/mol. The van der Waals surface area contributed by atoms with E-state index in [9.17, 15) is 13.2 Å². The number of carbonyl (C=O) groups excluding carboxylic acids is 1. The van der Waals surface area contributed by atoms with Gasteiger partial charge in [0.1, 0.15) is 6.54 Å². The molecule has 0 aromatic heterocycles. The molecule has 0 aliphatic carbocycles. The number of rotatable bonds is 9. The highest BCUT2D eigenvalue weighted by Crippen LogP contribution is 2.23. The largest absolute Gasteiger partial charge is 0.350 e. The minimum absolute atomic E-state index is 0.233. The molecular formula is C23H31N3O3S. The molecule has 6 nitrogen and oxygen atoms in total. The van der Waals surface area contributed by atoms with Gasteiger partial charge in [0.05, 0.1) is 11.9 Å². The maximum absolute atomic E-state index is 12.6. The van der Waals surface area contributed by atoms with Gasteiger partial charge in [0.25, 0.3) is 0 Å². The van der Waals surface area contributed by atoms with Crippen LogP contribution in [0, 0.1) is 0 Å². The number of nitrogens with one attached hydrogen (secondary N) is 1. The van der Waals surface area contributed by atoms with Crippen LogP contribution in [0.3, 0.4) is 0 Å². The minimum Gasteiger partial charge on any atom is -0.350 e. The van der Waals surface area contributed by atoms with Crippen molar-refractivity contribution in [1.29, 1.82) is 0 Å². The van der Waals surface area contributed by atoms with Crippen LogP contribution < -0.4 is 9.62 Å². The summed E-state index contributed by atoms with van der Waals surface area (Å²) in [5, 5.41) is 2.87. The highest BCUT2D eigenvalue weighted by molar-refractivity contribution is 7.92. The smallest absolute Gasteiger partial charge is 0.241 e. The van der Waals surface area contributed by atoms with Crippen molar-refractivity contribution >= 4 is 21.6 Å². The molecule has 2 aromatic rings. The van der Waals surface area contributed by atoms with E-state index in [-0.39, 0.29) is 12.5 Å². The van der Waals surface area contributed by atoms with E-state index in [1.54, 1.807) is 12.1 Å². The van der Waals surface area contributed by atoms with Crippen LogP contribution in [0.2, 0.25) is 0 Å². The van der Waals surface area contributed by atoms with Gasteiger partial charge in [0.2, 0.25) is 15.9 Å². The first-order chi connectivity index (χ1) is 14.4. The molecular weight excluding hydrogens is 398 g/mol. The molecule has 0 spiro atoms. The van der Waals surface area contributed by atoms with Crippen LogP contribution in [-0.2, 0) is 34.3 Å². The van der Waals surface area contributed by atoms with Crippen LogP contribution >= 0.6 is 0 Å². The highest BCUT2D eigenvalue weighted by atomic mass is 32.2. The lowest BCUT2D eigenvalue weighted by Crippen LogP contribution is -2.40. The van der Waals surface area contributed by atoms with Crippen molar-refractivity contribution in [1.82, 2.24) is 10.2 Å². The Balaban J connectivity index is 1.63. The van der Waals surface area contributed by atoms with Gasteiger partial charge < -0.3 is 5.32 Å². The molecule has 1 amide bonds. The molecule has 1 aliphatic heterocycles. The van der Waals surface area contributed by atoms with Crippen molar-refractivity contribution in [2.45, 2.75) is 39.3 Å². The molecule has 0 saturated carbocycles. The summed E-state index contributed by atoms with van der Waals surface area (Å²) in [6.07, 6.45) is 4.34. The number of hydrogen-bond donors (Lipinski definition) is 1. The number of aryl methyl sites for hydroxylation is 1. The van der Waals surface area contributed by atoms with Gasteiger partial charge in [-0.3, -0.25) is 14.0 Å². The third-order valence-electron chi connectivity index (χ3n) is 5.41. The van der Waals surface area contributed by atoms with E-state index in [0.29, 0.717) is 18.7 Å². The quantitative estimate of drug-likeness (QED) is 0.665. The van der Waals surface area contributed by atoms with Crippen LogP contribution in [-0.4, -0.2) is 45.1 Å². The number of likely N-dealkylation sites (tertiary alicyclic amines) is 1. The third kappa shape index (κ3) is 6.06. The lowest BCUT2D eigenvalue weighted by atomic mass is 10.1. The molecule has 1 heterocycles. The molecule has 0 unspecified atom stereocenters. The normalized spacial score (nSPS) is 14.6. The molecule has 2 aromatic carbocycles. The number of anilines is 1. The summed E-state index contributed by atoms with van der Waals surface area (Å²) in [5.41, 5.74) is 3.70. The van der Waals surface area contributed by atoms with Gasteiger partial charge in [-0.05, 0) is 55.1 Å². The number of benzene rings is 2.